The second-order valence-corrected chi connectivity index (χ2v) is 5.86. The highest BCUT2D eigenvalue weighted by Gasteiger charge is 2.13. The third-order valence-electron chi connectivity index (χ3n) is 3.89. The topological polar surface area (TPSA) is 85.4 Å². The Hall–Kier alpha value is -3.75. The summed E-state index contributed by atoms with van der Waals surface area (Å²) in [5.41, 5.74) is 0.989. The number of nitrogens with one attached hydrogen (secondary N) is 2. The first-order valence-corrected chi connectivity index (χ1v) is 8.33. The van der Waals surface area contributed by atoms with Gasteiger partial charge in [-0.05, 0) is 24.3 Å². The Kier molecular flexibility index (Phi) is 4.71. The lowest BCUT2D eigenvalue weighted by Gasteiger charge is -2.18. The number of halogens is 2. The van der Waals surface area contributed by atoms with Crippen molar-refractivity contribution < 1.29 is 23.0 Å². The third-order valence-corrected chi connectivity index (χ3v) is 3.89. The summed E-state index contributed by atoms with van der Waals surface area (Å²) >= 11 is 0. The van der Waals surface area contributed by atoms with Gasteiger partial charge in [0.25, 0.3) is 5.91 Å². The highest BCUT2D eigenvalue weighted by atomic mass is 19.2. The highest BCUT2D eigenvalue weighted by molar-refractivity contribution is 6.03. The van der Waals surface area contributed by atoms with E-state index in [9.17, 15) is 13.6 Å². The fraction of sp³-hybridized carbons (Fsp3) is 0.105. The predicted octanol–water partition coefficient (Wildman–Crippen LogP) is 3.52. The van der Waals surface area contributed by atoms with Crippen LogP contribution in [0, 0.1) is 11.6 Å². The zero-order valence-corrected chi connectivity index (χ0v) is 14.4. The van der Waals surface area contributed by atoms with Crippen molar-refractivity contribution >= 4 is 23.2 Å². The van der Waals surface area contributed by atoms with Gasteiger partial charge >= 0.3 is 0 Å². The second-order valence-electron chi connectivity index (χ2n) is 5.86. The van der Waals surface area contributed by atoms with Crippen molar-refractivity contribution in [1.29, 1.82) is 0 Å². The number of carbonyl (C=O) groups excluding carboxylic acids is 1. The number of ether oxygens (including phenoxy) is 2. The second kappa shape index (κ2) is 7.47. The van der Waals surface area contributed by atoms with E-state index in [1.54, 1.807) is 18.2 Å². The maximum absolute atomic E-state index is 13.2. The number of hydrogen-bond acceptors (Lipinski definition) is 6. The van der Waals surface area contributed by atoms with Gasteiger partial charge in [0, 0.05) is 35.9 Å². The quantitative estimate of drug-likeness (QED) is 0.716. The van der Waals surface area contributed by atoms with Crippen LogP contribution < -0.4 is 20.1 Å². The monoisotopic (exact) mass is 384 g/mol. The first kappa shape index (κ1) is 17.7. The zero-order chi connectivity index (χ0) is 19.5. The molecule has 1 amide bonds. The summed E-state index contributed by atoms with van der Waals surface area (Å²) in [6, 6.07) is 8.42. The molecule has 0 bridgehead atoms. The Morgan fingerprint density at radius 1 is 0.893 bits per heavy atom. The van der Waals surface area contributed by atoms with Gasteiger partial charge in [-0.3, -0.25) is 4.79 Å². The summed E-state index contributed by atoms with van der Waals surface area (Å²) in [5, 5.41) is 5.46. The molecular formula is C19H14F2N4O3. The van der Waals surface area contributed by atoms with Gasteiger partial charge in [-0.1, -0.05) is 0 Å². The van der Waals surface area contributed by atoms with Crippen LogP contribution in [-0.2, 0) is 0 Å². The number of anilines is 3. The van der Waals surface area contributed by atoms with Crippen molar-refractivity contribution in [3.05, 3.63) is 66.0 Å². The number of aromatic nitrogens is 2. The number of rotatable bonds is 4. The lowest BCUT2D eigenvalue weighted by Crippen LogP contribution is -2.15. The molecular weight excluding hydrogens is 370 g/mol. The Morgan fingerprint density at radius 2 is 1.61 bits per heavy atom. The molecule has 1 aliphatic heterocycles. The summed E-state index contributed by atoms with van der Waals surface area (Å²) in [6.45, 7) is 0.992. The Morgan fingerprint density at radius 3 is 2.36 bits per heavy atom. The van der Waals surface area contributed by atoms with Crippen LogP contribution in [-0.4, -0.2) is 29.1 Å². The number of carbonyl (C=O) groups is 1. The smallest absolute Gasteiger partial charge is 0.258 e. The molecule has 142 valence electrons. The lowest BCUT2D eigenvalue weighted by molar-refractivity contribution is 0.102. The molecule has 4 rings (SSSR count). The minimum absolute atomic E-state index is 0.127. The minimum atomic E-state index is -1.05. The average molecular weight is 384 g/mol. The lowest BCUT2D eigenvalue weighted by atomic mass is 10.2. The molecule has 0 fully saturated rings. The zero-order valence-electron chi connectivity index (χ0n) is 14.4. The fourth-order valence-electron chi connectivity index (χ4n) is 2.54. The molecule has 0 unspecified atom stereocenters. The van der Waals surface area contributed by atoms with Gasteiger partial charge in [-0.25, -0.2) is 18.7 Å². The van der Waals surface area contributed by atoms with Crippen LogP contribution in [0.1, 0.15) is 10.4 Å². The van der Waals surface area contributed by atoms with E-state index < -0.39 is 17.5 Å². The summed E-state index contributed by atoms with van der Waals surface area (Å²) in [7, 11) is 0. The summed E-state index contributed by atoms with van der Waals surface area (Å²) in [4.78, 5) is 20.4. The molecule has 0 radical (unpaired) electrons. The fourth-order valence-corrected chi connectivity index (χ4v) is 2.54. The highest BCUT2D eigenvalue weighted by Crippen LogP contribution is 2.33. The van der Waals surface area contributed by atoms with E-state index in [0.29, 0.717) is 30.4 Å². The maximum Gasteiger partial charge on any atom is 0.258 e. The SMILES string of the molecule is O=C(Nc1ccc(F)c(F)c1)c1cnc(Nc2ccc3c(c2)OCCO3)nc1. The van der Waals surface area contributed by atoms with E-state index in [1.807, 2.05) is 0 Å². The van der Waals surface area contributed by atoms with E-state index in [0.717, 1.165) is 12.1 Å². The average Bonchev–Trinajstić information content (AvgIpc) is 2.71. The first-order valence-electron chi connectivity index (χ1n) is 8.33. The Bertz CT molecular complexity index is 1030. The van der Waals surface area contributed by atoms with Gasteiger partial charge in [0.1, 0.15) is 13.2 Å². The van der Waals surface area contributed by atoms with Crippen LogP contribution in [0.4, 0.5) is 26.1 Å². The third kappa shape index (κ3) is 3.83. The minimum Gasteiger partial charge on any atom is -0.486 e. The molecule has 2 N–H and O–H groups in total. The largest absolute Gasteiger partial charge is 0.486 e. The van der Waals surface area contributed by atoms with Crippen LogP contribution in [0.5, 0.6) is 11.5 Å². The van der Waals surface area contributed by atoms with Gasteiger partial charge in [-0.15, -0.1) is 0 Å². The number of fused-ring (bicyclic) bond motifs is 1. The molecule has 0 aliphatic carbocycles. The van der Waals surface area contributed by atoms with Crippen LogP contribution >= 0.6 is 0 Å². The number of hydrogen-bond donors (Lipinski definition) is 2. The standard InChI is InChI=1S/C19H14F2N4O3/c20-14-3-1-12(7-15(14)21)24-18(26)11-9-22-19(23-10-11)25-13-2-4-16-17(8-13)28-6-5-27-16/h1-4,7-10H,5-6H2,(H,24,26)(H,22,23,25). The normalized spacial score (nSPS) is 12.4. The van der Waals surface area contributed by atoms with Crippen molar-refractivity contribution in [1.82, 2.24) is 9.97 Å². The van der Waals surface area contributed by atoms with Gasteiger partial charge in [0.15, 0.2) is 23.1 Å². The van der Waals surface area contributed by atoms with Crippen molar-refractivity contribution in [2.45, 2.75) is 0 Å². The molecule has 2 aromatic carbocycles. The van der Waals surface area contributed by atoms with Crippen molar-refractivity contribution in [3.8, 4) is 11.5 Å². The molecule has 0 saturated carbocycles. The molecule has 0 saturated heterocycles. The summed E-state index contributed by atoms with van der Waals surface area (Å²) in [5.74, 6) is -1.01. The number of amides is 1. The van der Waals surface area contributed by atoms with Crippen LogP contribution in [0.25, 0.3) is 0 Å². The van der Waals surface area contributed by atoms with E-state index in [4.69, 9.17) is 9.47 Å². The van der Waals surface area contributed by atoms with Gasteiger partial charge < -0.3 is 20.1 Å². The van der Waals surface area contributed by atoms with E-state index in [2.05, 4.69) is 20.6 Å². The predicted molar refractivity (Wildman–Crippen MR) is 97.1 cm³/mol. The molecule has 0 spiro atoms. The molecule has 1 aromatic heterocycles. The van der Waals surface area contributed by atoms with Gasteiger partial charge in [0.05, 0.1) is 5.56 Å². The van der Waals surface area contributed by atoms with Crippen molar-refractivity contribution in [3.63, 3.8) is 0 Å². The van der Waals surface area contributed by atoms with E-state index in [-0.39, 0.29) is 17.2 Å². The maximum atomic E-state index is 13.2. The molecule has 1 aliphatic rings. The van der Waals surface area contributed by atoms with Crippen LogP contribution in [0.3, 0.4) is 0 Å². The van der Waals surface area contributed by atoms with Crippen LogP contribution in [0.2, 0.25) is 0 Å². The summed E-state index contributed by atoms with van der Waals surface area (Å²) in [6.07, 6.45) is 2.64. The van der Waals surface area contributed by atoms with E-state index >= 15 is 0 Å². The van der Waals surface area contributed by atoms with Crippen molar-refractivity contribution in [2.24, 2.45) is 0 Å². The molecule has 9 heteroatoms. The molecule has 3 aromatic rings. The number of nitrogens with zero attached hydrogens (tertiary/aromatic N) is 2. The molecule has 2 heterocycles. The van der Waals surface area contributed by atoms with Crippen molar-refractivity contribution in [2.75, 3.05) is 23.8 Å². The van der Waals surface area contributed by atoms with Gasteiger partial charge in [-0.2, -0.15) is 0 Å². The molecule has 0 atom stereocenters. The van der Waals surface area contributed by atoms with E-state index in [1.165, 1.54) is 18.5 Å². The summed E-state index contributed by atoms with van der Waals surface area (Å²) < 4.78 is 37.1. The first-order chi connectivity index (χ1) is 13.6. The Balaban J connectivity index is 1.43. The molecule has 28 heavy (non-hydrogen) atoms. The Labute approximate surface area is 158 Å². The molecule has 7 nitrogen and oxygen atoms in total. The number of benzene rings is 2. The van der Waals surface area contributed by atoms with Crippen LogP contribution in [0.15, 0.2) is 48.8 Å². The van der Waals surface area contributed by atoms with Gasteiger partial charge in [0.2, 0.25) is 5.95 Å².